The van der Waals surface area contributed by atoms with Crippen molar-refractivity contribution in [1.29, 1.82) is 0 Å². The van der Waals surface area contributed by atoms with Crippen LogP contribution in [0, 0.1) is 12.8 Å². The zero-order valence-corrected chi connectivity index (χ0v) is 11.9. The molecular formula is C14H16N4O3. The molecule has 0 N–H and O–H groups in total. The van der Waals surface area contributed by atoms with Crippen molar-refractivity contribution < 1.29 is 14.1 Å². The van der Waals surface area contributed by atoms with Crippen LogP contribution in [0.15, 0.2) is 23.0 Å². The van der Waals surface area contributed by atoms with Crippen LogP contribution >= 0.6 is 0 Å². The summed E-state index contributed by atoms with van der Waals surface area (Å²) in [4.78, 5) is 25.6. The molecule has 3 heterocycles. The lowest BCUT2D eigenvalue weighted by Gasteiger charge is -2.12. The molecule has 1 saturated heterocycles. The zero-order valence-electron chi connectivity index (χ0n) is 11.9. The minimum atomic E-state index is -0.310. The van der Waals surface area contributed by atoms with Gasteiger partial charge in [0.15, 0.2) is 0 Å². The van der Waals surface area contributed by atoms with Gasteiger partial charge >= 0.3 is 0 Å². The van der Waals surface area contributed by atoms with Crippen molar-refractivity contribution in [2.75, 3.05) is 0 Å². The van der Waals surface area contributed by atoms with Crippen LogP contribution in [0.5, 0.6) is 0 Å². The minimum Gasteiger partial charge on any atom is -0.361 e. The van der Waals surface area contributed by atoms with Crippen molar-refractivity contribution in [3.63, 3.8) is 0 Å². The van der Waals surface area contributed by atoms with Crippen molar-refractivity contribution in [3.8, 4) is 0 Å². The fraction of sp³-hybridized carbons (Fsp3) is 0.429. The summed E-state index contributed by atoms with van der Waals surface area (Å²) in [7, 11) is 1.82. The number of aryl methyl sites for hydroxylation is 2. The largest absolute Gasteiger partial charge is 0.361 e. The highest BCUT2D eigenvalue weighted by Crippen LogP contribution is 2.25. The van der Waals surface area contributed by atoms with Crippen LogP contribution in [0.1, 0.15) is 23.4 Å². The maximum Gasteiger partial charge on any atom is 0.233 e. The first-order chi connectivity index (χ1) is 10.0. The summed E-state index contributed by atoms with van der Waals surface area (Å²) >= 11 is 0. The van der Waals surface area contributed by atoms with Crippen molar-refractivity contribution in [1.82, 2.24) is 19.8 Å². The molecule has 2 aromatic rings. The van der Waals surface area contributed by atoms with E-state index in [2.05, 4.69) is 10.3 Å². The number of hydrogen-bond donors (Lipinski definition) is 0. The first-order valence-electron chi connectivity index (χ1n) is 6.77. The lowest BCUT2D eigenvalue weighted by molar-refractivity contribution is -0.140. The van der Waals surface area contributed by atoms with E-state index in [1.54, 1.807) is 23.9 Å². The van der Waals surface area contributed by atoms with Gasteiger partial charge in [0.05, 0.1) is 18.7 Å². The van der Waals surface area contributed by atoms with Gasteiger partial charge in [-0.25, -0.2) is 0 Å². The Kier molecular flexibility index (Phi) is 3.32. The molecule has 1 aliphatic heterocycles. The van der Waals surface area contributed by atoms with E-state index < -0.39 is 0 Å². The third-order valence-electron chi connectivity index (χ3n) is 3.57. The van der Waals surface area contributed by atoms with E-state index in [4.69, 9.17) is 4.52 Å². The number of rotatable bonds is 4. The van der Waals surface area contributed by atoms with Crippen LogP contribution in [-0.2, 0) is 29.6 Å². The summed E-state index contributed by atoms with van der Waals surface area (Å²) in [6.45, 7) is 1.95. The molecule has 0 bridgehead atoms. The molecule has 21 heavy (non-hydrogen) atoms. The molecule has 0 aliphatic carbocycles. The maximum absolute atomic E-state index is 12.4. The predicted octanol–water partition coefficient (Wildman–Crippen LogP) is 0.834. The first-order valence-corrected chi connectivity index (χ1v) is 6.77. The van der Waals surface area contributed by atoms with Gasteiger partial charge in [-0.15, -0.1) is 0 Å². The third-order valence-corrected chi connectivity index (χ3v) is 3.57. The summed E-state index contributed by atoms with van der Waals surface area (Å²) in [6.07, 6.45) is 4.36. The van der Waals surface area contributed by atoms with Gasteiger partial charge in [-0.2, -0.15) is 5.10 Å². The molecule has 1 aliphatic rings. The quantitative estimate of drug-likeness (QED) is 0.778. The monoisotopic (exact) mass is 288 g/mol. The molecule has 0 saturated carbocycles. The summed E-state index contributed by atoms with van der Waals surface area (Å²) in [5.74, 6) is 0.0461. The van der Waals surface area contributed by atoms with Crippen molar-refractivity contribution in [2.24, 2.45) is 13.0 Å². The van der Waals surface area contributed by atoms with Gasteiger partial charge in [-0.3, -0.25) is 19.2 Å². The third kappa shape index (κ3) is 2.72. The van der Waals surface area contributed by atoms with Crippen LogP contribution in [0.25, 0.3) is 0 Å². The minimum absolute atomic E-state index is 0.149. The number of nitrogens with zero attached hydrogens (tertiary/aromatic N) is 4. The maximum atomic E-state index is 12.4. The molecule has 110 valence electrons. The van der Waals surface area contributed by atoms with Gasteiger partial charge in [-0.05, 0) is 18.9 Å². The molecule has 0 radical (unpaired) electrons. The number of imide groups is 1. The molecule has 1 atom stereocenters. The Balaban J connectivity index is 1.69. The lowest BCUT2D eigenvalue weighted by atomic mass is 10.0. The van der Waals surface area contributed by atoms with Crippen LogP contribution in [0.4, 0.5) is 0 Å². The first kappa shape index (κ1) is 13.5. The number of likely N-dealkylation sites (tertiary alicyclic amines) is 1. The Morgan fingerprint density at radius 3 is 2.86 bits per heavy atom. The van der Waals surface area contributed by atoms with Crippen LogP contribution < -0.4 is 0 Å². The Hall–Kier alpha value is -2.44. The SMILES string of the molecule is Cc1cc(CN2C(=O)CC(Cc3cnn(C)c3)C2=O)no1. The van der Waals surface area contributed by atoms with Gasteiger partial charge in [0.1, 0.15) is 11.5 Å². The van der Waals surface area contributed by atoms with Crippen LogP contribution in [-0.4, -0.2) is 31.7 Å². The number of aromatic nitrogens is 3. The van der Waals surface area contributed by atoms with Crippen molar-refractivity contribution >= 4 is 11.8 Å². The predicted molar refractivity (Wildman–Crippen MR) is 71.8 cm³/mol. The zero-order chi connectivity index (χ0) is 15.0. The van der Waals surface area contributed by atoms with E-state index in [9.17, 15) is 9.59 Å². The molecule has 1 unspecified atom stereocenters. The molecule has 7 nitrogen and oxygen atoms in total. The number of amides is 2. The second kappa shape index (κ2) is 5.16. The highest BCUT2D eigenvalue weighted by Gasteiger charge is 2.38. The molecule has 7 heteroatoms. The van der Waals surface area contributed by atoms with Crippen LogP contribution in [0.2, 0.25) is 0 Å². The Morgan fingerprint density at radius 1 is 1.43 bits per heavy atom. The molecule has 2 aromatic heterocycles. The Morgan fingerprint density at radius 2 is 2.24 bits per heavy atom. The average Bonchev–Trinajstić information content (AvgIpc) is 3.08. The fourth-order valence-electron chi connectivity index (χ4n) is 2.59. The number of hydrogen-bond acceptors (Lipinski definition) is 5. The van der Waals surface area contributed by atoms with E-state index in [1.165, 1.54) is 4.90 Å². The summed E-state index contributed by atoms with van der Waals surface area (Å²) < 4.78 is 6.65. The van der Waals surface area contributed by atoms with Gasteiger partial charge < -0.3 is 4.52 Å². The molecule has 3 rings (SSSR count). The fourth-order valence-corrected chi connectivity index (χ4v) is 2.59. The summed E-state index contributed by atoms with van der Waals surface area (Å²) in [6, 6.07) is 1.73. The Bertz CT molecular complexity index is 688. The van der Waals surface area contributed by atoms with E-state index in [0.29, 0.717) is 17.9 Å². The summed E-state index contributed by atoms with van der Waals surface area (Å²) in [5.41, 5.74) is 1.55. The highest BCUT2D eigenvalue weighted by atomic mass is 16.5. The normalized spacial score (nSPS) is 18.8. The van der Waals surface area contributed by atoms with Gasteiger partial charge in [0.25, 0.3) is 0 Å². The van der Waals surface area contributed by atoms with Gasteiger partial charge in [0, 0.05) is 25.7 Å². The number of carbonyl (C=O) groups excluding carboxylic acids is 2. The van der Waals surface area contributed by atoms with Crippen molar-refractivity contribution in [3.05, 3.63) is 35.5 Å². The van der Waals surface area contributed by atoms with E-state index >= 15 is 0 Å². The standard InChI is InChI=1S/C14H16N4O3/c1-9-3-12(16-21-9)8-18-13(19)5-11(14(18)20)4-10-6-15-17(2)7-10/h3,6-7,11H,4-5,8H2,1-2H3. The van der Waals surface area contributed by atoms with E-state index in [0.717, 1.165) is 5.56 Å². The van der Waals surface area contributed by atoms with Gasteiger partial charge in [-0.1, -0.05) is 5.16 Å². The summed E-state index contributed by atoms with van der Waals surface area (Å²) in [5, 5.41) is 7.90. The topological polar surface area (TPSA) is 81.2 Å². The van der Waals surface area contributed by atoms with E-state index in [1.807, 2.05) is 13.2 Å². The molecular weight excluding hydrogens is 272 g/mol. The highest BCUT2D eigenvalue weighted by molar-refractivity contribution is 6.03. The molecule has 0 spiro atoms. The lowest BCUT2D eigenvalue weighted by Crippen LogP contribution is -2.30. The smallest absolute Gasteiger partial charge is 0.233 e. The second-order valence-corrected chi connectivity index (χ2v) is 5.37. The van der Waals surface area contributed by atoms with Crippen molar-refractivity contribution in [2.45, 2.75) is 26.3 Å². The Labute approximate surface area is 121 Å². The molecule has 0 aromatic carbocycles. The second-order valence-electron chi connectivity index (χ2n) is 5.37. The average molecular weight is 288 g/mol. The molecule has 1 fully saturated rings. The van der Waals surface area contributed by atoms with E-state index in [-0.39, 0.29) is 30.7 Å². The number of carbonyl (C=O) groups is 2. The molecule has 2 amide bonds. The van der Waals surface area contributed by atoms with Gasteiger partial charge in [0.2, 0.25) is 11.8 Å². The van der Waals surface area contributed by atoms with Crippen LogP contribution in [0.3, 0.4) is 0 Å².